The molecule has 4 aromatic carbocycles. The third kappa shape index (κ3) is 18.2. The van der Waals surface area contributed by atoms with Gasteiger partial charge in [0.2, 0.25) is 0 Å². The van der Waals surface area contributed by atoms with Gasteiger partial charge in [-0.3, -0.25) is 0 Å². The SMILES string of the molecule is CC(C)(C)OC(=O)N1C[C@H](CN(C(=O)N2CCC(N3CCCCC3)CC2)[C@@H](c2[nH]c(-c3ccccc3)c[n+]2Cc2ccccc2)C(C)(C)C)[C@@H](O)C1.CC(C)(C)[C@H](c1[nH]c(-c2ccccc2)c[n+]1Cc1ccccc1)N(C[C@H]1CNC[C@@H]1O)C(=O)N1CCC(N2CCCCC2)CC1. The fraction of sp³-hybridized carbons (Fsp3) is 0.582. The molecule has 97 heavy (non-hydrogen) atoms. The molecule has 18 heteroatoms. The number of likely N-dealkylation sites (tertiary alicyclic amines) is 5. The van der Waals surface area contributed by atoms with Crippen molar-refractivity contribution in [1.82, 2.24) is 49.6 Å². The molecule has 6 aromatic rings. The van der Waals surface area contributed by atoms with E-state index < -0.39 is 29.3 Å². The average Bonchev–Trinajstić information content (AvgIpc) is 1.69. The number of β-amino-alcohol motifs (C(OH)–C–C–N with tert-alkyl or cyclic N) is 2. The summed E-state index contributed by atoms with van der Waals surface area (Å²) in [5.41, 5.74) is 5.26. The summed E-state index contributed by atoms with van der Waals surface area (Å²) in [6.45, 7) is 30.4. The van der Waals surface area contributed by atoms with E-state index in [-0.39, 0.29) is 47.9 Å². The average molecular weight is 1330 g/mol. The molecule has 18 nitrogen and oxygen atoms in total. The van der Waals surface area contributed by atoms with E-state index in [4.69, 9.17) is 4.74 Å². The summed E-state index contributed by atoms with van der Waals surface area (Å²) >= 11 is 0. The van der Waals surface area contributed by atoms with Crippen molar-refractivity contribution in [2.75, 3.05) is 91.6 Å². The Balaban J connectivity index is 0.000000199. The van der Waals surface area contributed by atoms with Crippen LogP contribution in [0.4, 0.5) is 14.4 Å². The number of nitrogens with one attached hydrogen (secondary N) is 3. The van der Waals surface area contributed by atoms with Gasteiger partial charge < -0.3 is 54.6 Å². The first kappa shape index (κ1) is 71.2. The molecule has 12 rings (SSSR count). The molecule has 5 amide bonds. The normalized spacial score (nSPS) is 21.8. The molecule has 6 aliphatic rings. The third-order valence-electron chi connectivity index (χ3n) is 21.1. The molecule has 524 valence electrons. The molecule has 6 aliphatic heterocycles. The largest absolute Gasteiger partial charge is 0.444 e. The van der Waals surface area contributed by atoms with E-state index in [0.717, 1.165) is 91.6 Å². The number of nitrogens with zero attached hydrogens (tertiary/aromatic N) is 9. The van der Waals surface area contributed by atoms with E-state index in [1.165, 1.54) is 57.2 Å². The zero-order valence-corrected chi connectivity index (χ0v) is 59.8. The van der Waals surface area contributed by atoms with Crippen molar-refractivity contribution >= 4 is 18.2 Å². The molecule has 6 atom stereocenters. The maximum absolute atomic E-state index is 15.1. The van der Waals surface area contributed by atoms with Gasteiger partial charge in [-0.1, -0.05) is 176 Å². The third-order valence-corrected chi connectivity index (χ3v) is 21.1. The number of benzene rings is 4. The number of hydrogen-bond acceptors (Lipinski definition) is 9. The quantitative estimate of drug-likeness (QED) is 0.0591. The second-order valence-corrected chi connectivity index (χ2v) is 31.8. The zero-order valence-electron chi connectivity index (χ0n) is 59.8. The summed E-state index contributed by atoms with van der Waals surface area (Å²) in [7, 11) is 0. The van der Waals surface area contributed by atoms with E-state index in [1.54, 1.807) is 4.90 Å². The molecule has 2 aromatic heterocycles. The molecule has 0 spiro atoms. The van der Waals surface area contributed by atoms with Crippen molar-refractivity contribution in [2.24, 2.45) is 22.7 Å². The van der Waals surface area contributed by atoms with Crippen LogP contribution < -0.4 is 14.5 Å². The highest BCUT2D eigenvalue weighted by Crippen LogP contribution is 2.42. The number of imidazole rings is 2. The predicted molar refractivity (Wildman–Crippen MR) is 382 cm³/mol. The van der Waals surface area contributed by atoms with Crippen LogP contribution in [0.2, 0.25) is 0 Å². The molecule has 0 bridgehead atoms. The standard InChI is InChI=1S/C42H60N6O4.C37H52N6O2/c1-41(2,3)37(38-43-35(32-18-12-8-13-19-32)29-46(38)26-31-16-10-7-11-17-31)48(28-33-27-47(30-36(33)49)40(51)52-42(4,5)6)39(50)45-24-20-34(21-25-45)44-22-14-9-15-23-44;1-37(2,3)34(35-39-32(29-15-9-5-10-16-29)27-42(35)25-28-13-7-4-8-14-28)43(26-30-23-38-24-33(30)44)36(45)41-21-17-31(18-22-41)40-19-11-6-12-20-40/h7-8,10-13,16-19,29,33-34,36-37,49H,9,14-15,20-28,30H2,1-6H3;4-5,7-10,13-16,27,30-31,33-34,38,44H,6,11-12,17-26H2,1-3H3/p+2/t33-,36+,37+;30-,33+,34+/m11/s1. The van der Waals surface area contributed by atoms with Crippen molar-refractivity contribution < 1.29 is 38.5 Å². The van der Waals surface area contributed by atoms with Gasteiger partial charge in [0.05, 0.1) is 18.8 Å². The molecule has 0 saturated carbocycles. The number of piperidine rings is 4. The van der Waals surface area contributed by atoms with Crippen molar-refractivity contribution in [1.29, 1.82) is 0 Å². The van der Waals surface area contributed by atoms with Gasteiger partial charge >= 0.3 is 18.2 Å². The number of aromatic nitrogens is 4. The minimum Gasteiger partial charge on any atom is -0.444 e. The van der Waals surface area contributed by atoms with Gasteiger partial charge in [0.15, 0.2) is 11.4 Å². The van der Waals surface area contributed by atoms with E-state index in [9.17, 15) is 19.8 Å². The maximum Gasteiger partial charge on any atom is 0.410 e. The molecule has 0 unspecified atom stereocenters. The lowest BCUT2D eigenvalue weighted by molar-refractivity contribution is -0.697. The van der Waals surface area contributed by atoms with Crippen LogP contribution in [-0.2, 0) is 17.8 Å². The highest BCUT2D eigenvalue weighted by atomic mass is 16.6. The molecule has 8 heterocycles. The van der Waals surface area contributed by atoms with Gasteiger partial charge in [-0.2, -0.15) is 0 Å². The monoisotopic (exact) mass is 1330 g/mol. The van der Waals surface area contributed by atoms with E-state index in [1.807, 2.05) is 60.9 Å². The second kappa shape index (κ2) is 31.8. The fourth-order valence-corrected chi connectivity index (χ4v) is 16.1. The number of aliphatic hydroxyl groups excluding tert-OH is 2. The Labute approximate surface area is 578 Å². The summed E-state index contributed by atoms with van der Waals surface area (Å²) in [6.07, 6.45) is 14.4. The lowest BCUT2D eigenvalue weighted by Crippen LogP contribution is -2.56. The van der Waals surface area contributed by atoms with Crippen molar-refractivity contribution in [3.05, 3.63) is 156 Å². The van der Waals surface area contributed by atoms with Gasteiger partial charge in [0.25, 0.3) is 11.6 Å². The summed E-state index contributed by atoms with van der Waals surface area (Å²) in [6, 6.07) is 42.2. The Kier molecular flexibility index (Phi) is 23.4. The number of rotatable bonds is 16. The number of carbonyl (C=O) groups is 3. The summed E-state index contributed by atoms with van der Waals surface area (Å²) in [5.74, 6) is 1.60. The van der Waals surface area contributed by atoms with Gasteiger partial charge in [-0.25, -0.2) is 33.5 Å². The maximum atomic E-state index is 15.1. The Bertz CT molecular complexity index is 3450. The van der Waals surface area contributed by atoms with Gasteiger partial charge in [-0.15, -0.1) is 0 Å². The number of ether oxygens (including phenoxy) is 1. The minimum atomic E-state index is -0.784. The summed E-state index contributed by atoms with van der Waals surface area (Å²) < 4.78 is 10.3. The number of H-pyrrole nitrogens is 2. The first-order chi connectivity index (χ1) is 46.5. The Morgan fingerprint density at radius 3 is 1.26 bits per heavy atom. The number of amides is 5. The molecular formula is C79H114N12O6+2. The van der Waals surface area contributed by atoms with Crippen LogP contribution in [0.15, 0.2) is 134 Å². The van der Waals surface area contributed by atoms with Gasteiger partial charge in [0.1, 0.15) is 43.2 Å². The topological polar surface area (TPSA) is 175 Å². The van der Waals surface area contributed by atoms with Crippen molar-refractivity contribution in [2.45, 2.75) is 182 Å². The minimum absolute atomic E-state index is 0.0120. The Hall–Kier alpha value is -7.09. The predicted octanol–water partition coefficient (Wildman–Crippen LogP) is 11.8. The number of aromatic amines is 2. The van der Waals surface area contributed by atoms with Gasteiger partial charge in [0, 0.05) is 93.9 Å². The van der Waals surface area contributed by atoms with Crippen LogP contribution in [0.5, 0.6) is 0 Å². The molecule has 6 saturated heterocycles. The number of hydrogen-bond donors (Lipinski definition) is 5. The van der Waals surface area contributed by atoms with Crippen LogP contribution in [-0.4, -0.2) is 194 Å². The first-order valence-electron chi connectivity index (χ1n) is 36.6. The molecule has 0 aliphatic carbocycles. The Morgan fingerprint density at radius 2 is 0.887 bits per heavy atom. The van der Waals surface area contributed by atoms with Crippen LogP contribution in [0.3, 0.4) is 0 Å². The summed E-state index contributed by atoms with van der Waals surface area (Å²) in [5, 5.41) is 25.8. The number of aliphatic hydroxyl groups is 2. The van der Waals surface area contributed by atoms with Crippen molar-refractivity contribution in [3.8, 4) is 22.5 Å². The molecule has 0 radical (unpaired) electrons. The van der Waals surface area contributed by atoms with Crippen LogP contribution in [0.25, 0.3) is 22.5 Å². The smallest absolute Gasteiger partial charge is 0.410 e. The Morgan fingerprint density at radius 1 is 0.495 bits per heavy atom. The zero-order chi connectivity index (χ0) is 68.4. The number of carbonyl (C=O) groups excluding carboxylic acids is 3. The lowest BCUT2D eigenvalue weighted by atomic mass is 9.84. The van der Waals surface area contributed by atoms with E-state index >= 15 is 4.79 Å². The second-order valence-electron chi connectivity index (χ2n) is 31.8. The van der Waals surface area contributed by atoms with E-state index in [2.05, 4.69) is 189 Å². The van der Waals surface area contributed by atoms with Crippen molar-refractivity contribution in [3.63, 3.8) is 0 Å². The van der Waals surface area contributed by atoms with Crippen LogP contribution in [0.1, 0.15) is 161 Å². The highest BCUT2D eigenvalue weighted by Gasteiger charge is 2.49. The lowest BCUT2D eigenvalue weighted by Gasteiger charge is -2.44. The van der Waals surface area contributed by atoms with E-state index in [0.29, 0.717) is 71.0 Å². The summed E-state index contributed by atoms with van der Waals surface area (Å²) in [4.78, 5) is 65.8. The fourth-order valence-electron chi connectivity index (χ4n) is 16.1. The molecule has 6 fully saturated rings. The number of urea groups is 2. The highest BCUT2D eigenvalue weighted by molar-refractivity contribution is 5.76. The van der Waals surface area contributed by atoms with Crippen LogP contribution >= 0.6 is 0 Å². The first-order valence-corrected chi connectivity index (χ1v) is 36.6. The van der Waals surface area contributed by atoms with Crippen LogP contribution in [0, 0.1) is 22.7 Å². The molecular weight excluding hydrogens is 1210 g/mol. The molecule has 5 N–H and O–H groups in total. The van der Waals surface area contributed by atoms with Gasteiger partial charge in [-0.05, 0) is 120 Å².